The second kappa shape index (κ2) is 8.46. The van der Waals surface area contributed by atoms with E-state index in [1.54, 1.807) is 4.57 Å². The number of hydrogen-bond acceptors (Lipinski definition) is 5. The van der Waals surface area contributed by atoms with Crippen LogP contribution in [0, 0.1) is 0 Å². The minimum absolute atomic E-state index is 0.0859. The number of carboxylic acid groups (broad SMARTS) is 1. The molecule has 1 heterocycles. The van der Waals surface area contributed by atoms with E-state index in [2.05, 4.69) is 10.3 Å². The van der Waals surface area contributed by atoms with Crippen molar-refractivity contribution in [2.75, 3.05) is 5.75 Å². The summed E-state index contributed by atoms with van der Waals surface area (Å²) in [5.74, 6) is -1.26. The van der Waals surface area contributed by atoms with Crippen molar-refractivity contribution in [2.45, 2.75) is 44.4 Å². The van der Waals surface area contributed by atoms with Gasteiger partial charge in [0.15, 0.2) is 5.16 Å². The molecule has 0 spiro atoms. The van der Waals surface area contributed by atoms with Crippen molar-refractivity contribution in [3.8, 4) is 0 Å². The Kier molecular flexibility index (Phi) is 6.93. The molecule has 0 bridgehead atoms. The lowest BCUT2D eigenvalue weighted by molar-refractivity contribution is -0.134. The molecule has 2 N–H and O–H groups in total. The molecule has 0 aliphatic rings. The van der Waals surface area contributed by atoms with Gasteiger partial charge in [0.2, 0.25) is 5.91 Å². The maximum atomic E-state index is 11.7. The third-order valence-corrected chi connectivity index (χ3v) is 3.75. The van der Waals surface area contributed by atoms with Crippen molar-refractivity contribution >= 4 is 23.6 Å². The van der Waals surface area contributed by atoms with E-state index in [0.29, 0.717) is 11.7 Å². The number of nitrogens with one attached hydrogen (secondary N) is 1. The lowest BCUT2D eigenvalue weighted by Gasteiger charge is -2.13. The Morgan fingerprint density at radius 3 is 2.86 bits per heavy atom. The summed E-state index contributed by atoms with van der Waals surface area (Å²) < 4.78 is 1.62. The zero-order valence-electron chi connectivity index (χ0n) is 12.0. The highest BCUT2D eigenvalue weighted by Crippen LogP contribution is 2.13. The molecular weight excluding hydrogens is 294 g/mol. The second-order valence-corrected chi connectivity index (χ2v) is 5.49. The third kappa shape index (κ3) is 6.44. The van der Waals surface area contributed by atoms with Gasteiger partial charge in [-0.05, 0) is 13.3 Å². The first-order valence-electron chi connectivity index (χ1n) is 6.63. The van der Waals surface area contributed by atoms with Crippen molar-refractivity contribution in [3.63, 3.8) is 0 Å². The highest BCUT2D eigenvalue weighted by atomic mass is 32.2. The van der Waals surface area contributed by atoms with Crippen molar-refractivity contribution < 1.29 is 14.7 Å². The van der Waals surface area contributed by atoms with Crippen LogP contribution >= 0.6 is 11.8 Å². The van der Waals surface area contributed by atoms with Crippen molar-refractivity contribution in [1.82, 2.24) is 14.9 Å². The summed E-state index contributed by atoms with van der Waals surface area (Å²) in [5, 5.41) is 11.8. The standard InChI is InChI=1S/C13H19N3O4S/c1-3-9(2)14-10(17)4-6-16-7-5-11(18)15-13(16)21-8-12(19)20/h5,7,9H,3-4,6,8H2,1-2H3,(H,14,17)(H,19,20). The van der Waals surface area contributed by atoms with Crippen LogP contribution < -0.4 is 10.9 Å². The molecule has 1 atom stereocenters. The van der Waals surface area contributed by atoms with Gasteiger partial charge in [-0.25, -0.2) is 0 Å². The van der Waals surface area contributed by atoms with Gasteiger partial charge < -0.3 is 15.0 Å². The quantitative estimate of drug-likeness (QED) is 0.542. The van der Waals surface area contributed by atoms with Crippen LogP contribution in [0.1, 0.15) is 26.7 Å². The van der Waals surface area contributed by atoms with Crippen LogP contribution in [0.4, 0.5) is 0 Å². The summed E-state index contributed by atoms with van der Waals surface area (Å²) in [5.41, 5.74) is -0.428. The number of carbonyl (C=O) groups excluding carboxylic acids is 1. The fourth-order valence-corrected chi connectivity index (χ4v) is 2.22. The van der Waals surface area contributed by atoms with Crippen LogP contribution in [0.25, 0.3) is 0 Å². The van der Waals surface area contributed by atoms with E-state index >= 15 is 0 Å². The minimum atomic E-state index is -0.987. The number of aromatic nitrogens is 2. The van der Waals surface area contributed by atoms with Crippen LogP contribution in [0.15, 0.2) is 22.2 Å². The van der Waals surface area contributed by atoms with Gasteiger partial charge in [-0.2, -0.15) is 4.98 Å². The fourth-order valence-electron chi connectivity index (χ4n) is 1.50. The van der Waals surface area contributed by atoms with Crippen LogP contribution in [0.3, 0.4) is 0 Å². The number of amides is 1. The van der Waals surface area contributed by atoms with E-state index in [0.717, 1.165) is 18.2 Å². The van der Waals surface area contributed by atoms with E-state index in [4.69, 9.17) is 5.11 Å². The topological polar surface area (TPSA) is 101 Å². The monoisotopic (exact) mass is 313 g/mol. The molecule has 1 amide bonds. The number of aliphatic carboxylic acids is 1. The number of carbonyl (C=O) groups is 2. The Morgan fingerprint density at radius 2 is 2.24 bits per heavy atom. The van der Waals surface area contributed by atoms with Crippen LogP contribution in [-0.2, 0) is 16.1 Å². The summed E-state index contributed by atoms with van der Waals surface area (Å²) in [4.78, 5) is 37.3. The molecule has 0 fully saturated rings. The molecule has 0 saturated heterocycles. The zero-order valence-corrected chi connectivity index (χ0v) is 12.9. The maximum absolute atomic E-state index is 11.7. The predicted molar refractivity (Wildman–Crippen MR) is 79.4 cm³/mol. The molecule has 0 radical (unpaired) electrons. The number of thioether (sulfide) groups is 1. The van der Waals surface area contributed by atoms with Crippen molar-refractivity contribution in [1.29, 1.82) is 0 Å². The molecule has 1 aromatic rings. The molecule has 1 rings (SSSR count). The number of nitrogens with zero attached hydrogens (tertiary/aromatic N) is 2. The first kappa shape index (κ1) is 17.2. The third-order valence-electron chi connectivity index (χ3n) is 2.77. The van der Waals surface area contributed by atoms with Gasteiger partial charge in [0, 0.05) is 31.3 Å². The van der Waals surface area contributed by atoms with E-state index in [1.807, 2.05) is 13.8 Å². The zero-order chi connectivity index (χ0) is 15.8. The van der Waals surface area contributed by atoms with E-state index in [1.165, 1.54) is 12.3 Å². The van der Waals surface area contributed by atoms with Gasteiger partial charge in [0.25, 0.3) is 5.56 Å². The molecule has 0 saturated carbocycles. The highest BCUT2D eigenvalue weighted by molar-refractivity contribution is 7.99. The normalized spacial score (nSPS) is 11.9. The fraction of sp³-hybridized carbons (Fsp3) is 0.538. The summed E-state index contributed by atoms with van der Waals surface area (Å²) in [7, 11) is 0. The Balaban J connectivity index is 2.67. The lowest BCUT2D eigenvalue weighted by atomic mass is 10.2. The van der Waals surface area contributed by atoms with Crippen LogP contribution in [-0.4, -0.2) is 38.3 Å². The van der Waals surface area contributed by atoms with Gasteiger partial charge in [-0.3, -0.25) is 14.4 Å². The molecule has 1 unspecified atom stereocenters. The van der Waals surface area contributed by atoms with Crippen LogP contribution in [0.5, 0.6) is 0 Å². The number of carboxylic acids is 1. The molecule has 116 valence electrons. The summed E-state index contributed by atoms with van der Waals surface area (Å²) in [6, 6.07) is 1.41. The first-order valence-corrected chi connectivity index (χ1v) is 7.62. The molecular formula is C13H19N3O4S. The number of aryl methyl sites for hydroxylation is 1. The molecule has 0 aromatic carbocycles. The van der Waals surface area contributed by atoms with Gasteiger partial charge >= 0.3 is 5.97 Å². The Labute approximate surface area is 126 Å². The SMILES string of the molecule is CCC(C)NC(=O)CCn1ccc(=O)nc1SCC(=O)O. The first-order chi connectivity index (χ1) is 9.92. The predicted octanol–water partition coefficient (Wildman–Crippen LogP) is 0.725. The number of hydrogen-bond donors (Lipinski definition) is 2. The molecule has 1 aromatic heterocycles. The minimum Gasteiger partial charge on any atom is -0.481 e. The molecule has 0 aliphatic carbocycles. The average Bonchev–Trinajstić information content (AvgIpc) is 2.43. The van der Waals surface area contributed by atoms with Gasteiger partial charge in [0.05, 0.1) is 5.75 Å². The van der Waals surface area contributed by atoms with Gasteiger partial charge in [-0.1, -0.05) is 18.7 Å². The Morgan fingerprint density at radius 1 is 1.52 bits per heavy atom. The van der Waals surface area contributed by atoms with E-state index < -0.39 is 11.5 Å². The Bertz CT molecular complexity index is 559. The maximum Gasteiger partial charge on any atom is 0.313 e. The molecule has 8 heteroatoms. The highest BCUT2D eigenvalue weighted by Gasteiger charge is 2.10. The molecule has 7 nitrogen and oxygen atoms in total. The van der Waals surface area contributed by atoms with Crippen molar-refractivity contribution in [3.05, 3.63) is 22.6 Å². The van der Waals surface area contributed by atoms with Crippen molar-refractivity contribution in [2.24, 2.45) is 0 Å². The number of rotatable bonds is 8. The van der Waals surface area contributed by atoms with E-state index in [9.17, 15) is 14.4 Å². The molecule has 21 heavy (non-hydrogen) atoms. The van der Waals surface area contributed by atoms with Gasteiger partial charge in [0.1, 0.15) is 0 Å². The summed E-state index contributed by atoms with van der Waals surface area (Å²) in [6.07, 6.45) is 2.62. The largest absolute Gasteiger partial charge is 0.481 e. The smallest absolute Gasteiger partial charge is 0.313 e. The lowest BCUT2D eigenvalue weighted by Crippen LogP contribution is -2.32. The van der Waals surface area contributed by atoms with E-state index in [-0.39, 0.29) is 24.1 Å². The average molecular weight is 313 g/mol. The summed E-state index contributed by atoms with van der Waals surface area (Å²) >= 11 is 0.960. The summed E-state index contributed by atoms with van der Waals surface area (Å²) in [6.45, 7) is 4.25. The second-order valence-electron chi connectivity index (χ2n) is 4.55. The molecule has 0 aliphatic heterocycles. The van der Waals surface area contributed by atoms with Crippen LogP contribution in [0.2, 0.25) is 0 Å². The Hall–Kier alpha value is -1.83. The van der Waals surface area contributed by atoms with Gasteiger partial charge in [-0.15, -0.1) is 0 Å².